The molecule has 0 amide bonds. The SMILES string of the molecule is CC1(C)OB(C(=Cc2ccc(Br)c(Cl)c2)CN)OC1(C)C. The van der Waals surface area contributed by atoms with Crippen LogP contribution in [-0.4, -0.2) is 24.9 Å². The summed E-state index contributed by atoms with van der Waals surface area (Å²) < 4.78 is 12.9. The Bertz CT molecular complexity index is 559. The molecular weight excluding hydrogens is 352 g/mol. The van der Waals surface area contributed by atoms with Crippen molar-refractivity contribution in [1.29, 1.82) is 0 Å². The lowest BCUT2D eigenvalue weighted by atomic mass is 9.77. The Morgan fingerprint density at radius 1 is 1.29 bits per heavy atom. The first-order chi connectivity index (χ1) is 9.66. The van der Waals surface area contributed by atoms with Crippen LogP contribution in [0.3, 0.4) is 0 Å². The molecule has 0 saturated carbocycles. The molecule has 2 N–H and O–H groups in total. The molecule has 0 unspecified atom stereocenters. The van der Waals surface area contributed by atoms with Crippen LogP contribution in [0.2, 0.25) is 5.02 Å². The van der Waals surface area contributed by atoms with Crippen LogP contribution in [0.25, 0.3) is 6.08 Å². The molecule has 2 rings (SSSR count). The van der Waals surface area contributed by atoms with Gasteiger partial charge in [-0.1, -0.05) is 23.7 Å². The first-order valence-electron chi connectivity index (χ1n) is 6.87. The molecule has 0 spiro atoms. The van der Waals surface area contributed by atoms with E-state index in [1.54, 1.807) is 0 Å². The number of rotatable bonds is 3. The Morgan fingerprint density at radius 3 is 2.33 bits per heavy atom. The van der Waals surface area contributed by atoms with Crippen LogP contribution in [0, 0.1) is 0 Å². The lowest BCUT2D eigenvalue weighted by molar-refractivity contribution is 0.00578. The van der Waals surface area contributed by atoms with Crippen molar-refractivity contribution in [2.75, 3.05) is 6.54 Å². The molecule has 114 valence electrons. The number of hydrogen-bond donors (Lipinski definition) is 1. The second-order valence-corrected chi connectivity index (χ2v) is 7.45. The highest BCUT2D eigenvalue weighted by Crippen LogP contribution is 2.38. The van der Waals surface area contributed by atoms with Crippen LogP contribution in [-0.2, 0) is 9.31 Å². The van der Waals surface area contributed by atoms with Gasteiger partial charge in [0.25, 0.3) is 0 Å². The smallest absolute Gasteiger partial charge is 0.400 e. The molecule has 0 aromatic heterocycles. The summed E-state index contributed by atoms with van der Waals surface area (Å²) in [5.41, 5.74) is 7.00. The van der Waals surface area contributed by atoms with Crippen molar-refractivity contribution in [2.24, 2.45) is 5.73 Å². The summed E-state index contributed by atoms with van der Waals surface area (Å²) in [5.74, 6) is 0. The maximum atomic E-state index is 6.12. The fraction of sp³-hybridized carbons (Fsp3) is 0.467. The Balaban J connectivity index is 2.28. The molecule has 1 aromatic rings. The summed E-state index contributed by atoms with van der Waals surface area (Å²) in [6, 6.07) is 5.76. The zero-order chi connectivity index (χ0) is 15.8. The molecule has 6 heteroatoms. The number of halogens is 2. The van der Waals surface area contributed by atoms with E-state index in [2.05, 4.69) is 15.9 Å². The maximum absolute atomic E-state index is 6.12. The van der Waals surface area contributed by atoms with Gasteiger partial charge in [0, 0.05) is 11.0 Å². The summed E-state index contributed by atoms with van der Waals surface area (Å²) in [4.78, 5) is 0. The van der Waals surface area contributed by atoms with Crippen LogP contribution in [0.1, 0.15) is 33.3 Å². The third-order valence-electron chi connectivity index (χ3n) is 4.09. The van der Waals surface area contributed by atoms with Gasteiger partial charge < -0.3 is 15.0 Å². The molecule has 1 aromatic carbocycles. The van der Waals surface area contributed by atoms with E-state index in [1.807, 2.05) is 52.0 Å². The van der Waals surface area contributed by atoms with Gasteiger partial charge in [0.1, 0.15) is 0 Å². The largest absolute Gasteiger partial charge is 0.491 e. The molecule has 0 bridgehead atoms. The normalized spacial score (nSPS) is 20.9. The molecule has 1 heterocycles. The van der Waals surface area contributed by atoms with Gasteiger partial charge in [0.15, 0.2) is 0 Å². The maximum Gasteiger partial charge on any atom is 0.491 e. The Labute approximate surface area is 140 Å². The zero-order valence-electron chi connectivity index (χ0n) is 12.7. The van der Waals surface area contributed by atoms with E-state index in [9.17, 15) is 0 Å². The highest BCUT2D eigenvalue weighted by atomic mass is 79.9. The van der Waals surface area contributed by atoms with Gasteiger partial charge in [0.2, 0.25) is 0 Å². The molecule has 3 nitrogen and oxygen atoms in total. The van der Waals surface area contributed by atoms with Crippen LogP contribution < -0.4 is 5.73 Å². The minimum absolute atomic E-state index is 0.366. The standard InChI is InChI=1S/C15H20BBrClNO2/c1-14(2)15(3,4)21-16(20-14)11(9-19)7-10-5-6-12(17)13(18)8-10/h5-8H,9,19H2,1-4H3. The van der Waals surface area contributed by atoms with Gasteiger partial charge in [0.05, 0.1) is 16.2 Å². The first-order valence-corrected chi connectivity index (χ1v) is 8.04. The van der Waals surface area contributed by atoms with Crippen molar-refractivity contribution in [1.82, 2.24) is 0 Å². The highest BCUT2D eigenvalue weighted by Gasteiger charge is 2.52. The molecule has 1 aliphatic rings. The average Bonchev–Trinajstić information content (AvgIpc) is 2.59. The summed E-state index contributed by atoms with van der Waals surface area (Å²) in [6.07, 6.45) is 1.97. The molecule has 0 radical (unpaired) electrons. The van der Waals surface area contributed by atoms with Crippen molar-refractivity contribution >= 4 is 40.7 Å². The molecular formula is C15H20BBrClNO2. The van der Waals surface area contributed by atoms with E-state index in [1.165, 1.54) is 0 Å². The van der Waals surface area contributed by atoms with E-state index in [0.29, 0.717) is 11.6 Å². The minimum Gasteiger partial charge on any atom is -0.400 e. The number of nitrogens with two attached hydrogens (primary N) is 1. The molecule has 1 aliphatic heterocycles. The lowest BCUT2D eigenvalue weighted by Crippen LogP contribution is -2.41. The second kappa shape index (κ2) is 6.05. The summed E-state index contributed by atoms with van der Waals surface area (Å²) >= 11 is 9.50. The van der Waals surface area contributed by atoms with Crippen molar-refractivity contribution in [3.05, 3.63) is 38.7 Å². The second-order valence-electron chi connectivity index (χ2n) is 6.19. The van der Waals surface area contributed by atoms with Crippen molar-refractivity contribution in [2.45, 2.75) is 38.9 Å². The van der Waals surface area contributed by atoms with Gasteiger partial charge in [-0.25, -0.2) is 0 Å². The highest BCUT2D eigenvalue weighted by molar-refractivity contribution is 9.10. The van der Waals surface area contributed by atoms with Gasteiger partial charge in [-0.15, -0.1) is 0 Å². The molecule has 0 aliphatic carbocycles. The predicted octanol–water partition coefficient (Wildman–Crippen LogP) is 4.08. The van der Waals surface area contributed by atoms with Crippen molar-refractivity contribution in [3.8, 4) is 0 Å². The Hall–Kier alpha value is -0.325. The van der Waals surface area contributed by atoms with Crippen LogP contribution in [0.4, 0.5) is 0 Å². The fourth-order valence-electron chi connectivity index (χ4n) is 2.03. The number of hydrogen-bond acceptors (Lipinski definition) is 3. The van der Waals surface area contributed by atoms with E-state index in [0.717, 1.165) is 15.5 Å². The predicted molar refractivity (Wildman–Crippen MR) is 92.3 cm³/mol. The summed E-state index contributed by atoms with van der Waals surface area (Å²) in [5, 5.41) is 0.661. The number of benzene rings is 1. The Kier molecular flexibility index (Phi) is 4.91. The van der Waals surface area contributed by atoms with Gasteiger partial charge in [-0.3, -0.25) is 0 Å². The van der Waals surface area contributed by atoms with Crippen LogP contribution in [0.5, 0.6) is 0 Å². The molecule has 0 atom stereocenters. The van der Waals surface area contributed by atoms with Crippen LogP contribution in [0.15, 0.2) is 28.1 Å². The van der Waals surface area contributed by atoms with E-state index < -0.39 is 7.12 Å². The van der Waals surface area contributed by atoms with Gasteiger partial charge in [-0.05, 0) is 66.8 Å². The first kappa shape index (κ1) is 17.0. The molecule has 1 fully saturated rings. The minimum atomic E-state index is -0.428. The average molecular weight is 372 g/mol. The van der Waals surface area contributed by atoms with Gasteiger partial charge >= 0.3 is 7.12 Å². The zero-order valence-corrected chi connectivity index (χ0v) is 15.1. The summed E-state index contributed by atoms with van der Waals surface area (Å²) in [7, 11) is -0.428. The third-order valence-corrected chi connectivity index (χ3v) is 5.32. The van der Waals surface area contributed by atoms with Gasteiger partial charge in [-0.2, -0.15) is 0 Å². The molecule has 21 heavy (non-hydrogen) atoms. The Morgan fingerprint density at radius 2 is 1.86 bits per heavy atom. The summed E-state index contributed by atoms with van der Waals surface area (Å²) in [6.45, 7) is 8.47. The van der Waals surface area contributed by atoms with E-state index in [-0.39, 0.29) is 11.2 Å². The quantitative estimate of drug-likeness (QED) is 0.813. The van der Waals surface area contributed by atoms with Crippen LogP contribution >= 0.6 is 27.5 Å². The van der Waals surface area contributed by atoms with Crippen molar-refractivity contribution < 1.29 is 9.31 Å². The van der Waals surface area contributed by atoms with E-state index in [4.69, 9.17) is 26.6 Å². The third kappa shape index (κ3) is 3.54. The van der Waals surface area contributed by atoms with E-state index >= 15 is 0 Å². The topological polar surface area (TPSA) is 44.5 Å². The lowest BCUT2D eigenvalue weighted by Gasteiger charge is -2.32. The molecule has 1 saturated heterocycles. The fourth-order valence-corrected chi connectivity index (χ4v) is 2.47. The monoisotopic (exact) mass is 371 g/mol. The van der Waals surface area contributed by atoms with Crippen molar-refractivity contribution in [3.63, 3.8) is 0 Å².